The van der Waals surface area contributed by atoms with E-state index in [1.807, 2.05) is 26.8 Å². The number of halogens is 2. The molecular formula is C16H20Cl2N4O. The van der Waals surface area contributed by atoms with Gasteiger partial charge in [0.25, 0.3) is 0 Å². The van der Waals surface area contributed by atoms with Crippen LogP contribution >= 0.6 is 23.2 Å². The Morgan fingerprint density at radius 2 is 2.09 bits per heavy atom. The van der Waals surface area contributed by atoms with Crippen LogP contribution in [-0.4, -0.2) is 28.3 Å². The summed E-state index contributed by atoms with van der Waals surface area (Å²) in [4.78, 5) is 12.1. The van der Waals surface area contributed by atoms with Gasteiger partial charge in [0.15, 0.2) is 0 Å². The van der Waals surface area contributed by atoms with E-state index in [4.69, 9.17) is 28.9 Å². The lowest BCUT2D eigenvalue weighted by Crippen LogP contribution is -2.38. The molecule has 1 heterocycles. The van der Waals surface area contributed by atoms with E-state index >= 15 is 0 Å². The normalized spacial score (nSPS) is 12.3. The van der Waals surface area contributed by atoms with Crippen molar-refractivity contribution < 1.29 is 4.79 Å². The predicted octanol–water partition coefficient (Wildman–Crippen LogP) is 2.80. The number of amides is 1. The van der Waals surface area contributed by atoms with E-state index in [9.17, 15) is 4.79 Å². The molecule has 0 aliphatic rings. The summed E-state index contributed by atoms with van der Waals surface area (Å²) in [5, 5.41) is 8.44. The highest BCUT2D eigenvalue weighted by Gasteiger charge is 2.18. The number of rotatable bonds is 5. The van der Waals surface area contributed by atoms with Crippen molar-refractivity contribution in [1.29, 1.82) is 0 Å². The van der Waals surface area contributed by atoms with E-state index in [0.717, 1.165) is 22.6 Å². The second kappa shape index (κ2) is 7.34. The van der Waals surface area contributed by atoms with Gasteiger partial charge in [0.05, 0.1) is 22.8 Å². The molecule has 0 bridgehead atoms. The second-order valence-corrected chi connectivity index (χ2v) is 6.38. The highest BCUT2D eigenvalue weighted by molar-refractivity contribution is 6.35. The maximum atomic E-state index is 12.1. The van der Waals surface area contributed by atoms with Crippen LogP contribution in [0.25, 0.3) is 5.69 Å². The molecule has 0 aliphatic carbocycles. The average Bonchev–Trinajstić information content (AvgIpc) is 2.75. The summed E-state index contributed by atoms with van der Waals surface area (Å²) >= 11 is 12.2. The summed E-state index contributed by atoms with van der Waals surface area (Å²) in [7, 11) is 0. The van der Waals surface area contributed by atoms with Crippen LogP contribution in [0.5, 0.6) is 0 Å². The van der Waals surface area contributed by atoms with Gasteiger partial charge in [-0.05, 0) is 39.0 Å². The number of nitrogens with one attached hydrogen (secondary N) is 1. The molecule has 1 aromatic heterocycles. The number of carbonyl (C=O) groups excluding carboxylic acids is 1. The topological polar surface area (TPSA) is 72.9 Å². The Labute approximate surface area is 145 Å². The summed E-state index contributed by atoms with van der Waals surface area (Å²) in [6.07, 6.45) is 0.257. The second-order valence-electron chi connectivity index (χ2n) is 5.54. The largest absolute Gasteiger partial charge is 0.352 e. The summed E-state index contributed by atoms with van der Waals surface area (Å²) in [5.41, 5.74) is 8.82. The van der Waals surface area contributed by atoms with Crippen molar-refractivity contribution in [2.45, 2.75) is 33.2 Å². The first kappa shape index (κ1) is 17.8. The number of hydrogen-bond acceptors (Lipinski definition) is 3. The third-order valence-electron chi connectivity index (χ3n) is 3.68. The zero-order valence-electron chi connectivity index (χ0n) is 13.4. The van der Waals surface area contributed by atoms with E-state index in [0.29, 0.717) is 16.6 Å². The molecule has 1 amide bonds. The van der Waals surface area contributed by atoms with Crippen molar-refractivity contribution in [3.63, 3.8) is 0 Å². The SMILES string of the molecule is Cc1nn(-c2ccc(Cl)cc2Cl)c(C)c1CC(=O)N[C@@H](C)CN. The van der Waals surface area contributed by atoms with Gasteiger partial charge < -0.3 is 11.1 Å². The molecule has 0 aliphatic heterocycles. The molecule has 0 fully saturated rings. The number of carbonyl (C=O) groups is 1. The van der Waals surface area contributed by atoms with Crippen LogP contribution in [0, 0.1) is 13.8 Å². The minimum atomic E-state index is -0.0732. The third kappa shape index (κ3) is 4.05. The van der Waals surface area contributed by atoms with Gasteiger partial charge >= 0.3 is 0 Å². The van der Waals surface area contributed by atoms with Gasteiger partial charge in [-0.1, -0.05) is 23.2 Å². The minimum absolute atomic E-state index is 0.0520. The summed E-state index contributed by atoms with van der Waals surface area (Å²) in [5.74, 6) is -0.0732. The van der Waals surface area contributed by atoms with Crippen LogP contribution in [0.3, 0.4) is 0 Å². The molecule has 3 N–H and O–H groups in total. The number of nitrogens with zero attached hydrogens (tertiary/aromatic N) is 2. The van der Waals surface area contributed by atoms with Crippen LogP contribution in [0.4, 0.5) is 0 Å². The molecule has 7 heteroatoms. The lowest BCUT2D eigenvalue weighted by atomic mass is 10.1. The van der Waals surface area contributed by atoms with Gasteiger partial charge in [-0.2, -0.15) is 5.10 Å². The fourth-order valence-electron chi connectivity index (χ4n) is 2.36. The standard InChI is InChI=1S/C16H20Cl2N4O/c1-9(8-19)20-16(23)7-13-10(2)21-22(11(13)3)15-5-4-12(17)6-14(15)18/h4-6,9H,7-8,19H2,1-3H3,(H,20,23)/t9-/m0/s1. The lowest BCUT2D eigenvalue weighted by Gasteiger charge is -2.11. The van der Waals surface area contributed by atoms with Gasteiger partial charge in [0, 0.05) is 28.9 Å². The first-order chi connectivity index (χ1) is 10.8. The molecule has 2 aromatic rings. The molecular weight excluding hydrogens is 335 g/mol. The predicted molar refractivity (Wildman–Crippen MR) is 93.4 cm³/mol. The first-order valence-electron chi connectivity index (χ1n) is 7.33. The molecule has 2 rings (SSSR count). The molecule has 1 atom stereocenters. The molecule has 1 aromatic carbocycles. The molecule has 5 nitrogen and oxygen atoms in total. The van der Waals surface area contributed by atoms with Crippen molar-refractivity contribution in [3.8, 4) is 5.69 Å². The smallest absolute Gasteiger partial charge is 0.224 e. The minimum Gasteiger partial charge on any atom is -0.352 e. The number of benzene rings is 1. The van der Waals surface area contributed by atoms with Gasteiger partial charge in [-0.15, -0.1) is 0 Å². The Morgan fingerprint density at radius 3 is 2.70 bits per heavy atom. The van der Waals surface area contributed by atoms with Crippen molar-refractivity contribution in [2.75, 3.05) is 6.54 Å². The Morgan fingerprint density at radius 1 is 1.39 bits per heavy atom. The zero-order valence-corrected chi connectivity index (χ0v) is 14.9. The summed E-state index contributed by atoms with van der Waals surface area (Å²) < 4.78 is 1.74. The summed E-state index contributed by atoms with van der Waals surface area (Å²) in [6, 6.07) is 5.19. The number of hydrogen-bond donors (Lipinski definition) is 2. The average molecular weight is 355 g/mol. The zero-order chi connectivity index (χ0) is 17.1. The quantitative estimate of drug-likeness (QED) is 0.866. The molecule has 0 saturated heterocycles. The third-order valence-corrected chi connectivity index (χ3v) is 4.22. The van der Waals surface area contributed by atoms with Crippen molar-refractivity contribution in [3.05, 3.63) is 45.2 Å². The van der Waals surface area contributed by atoms with E-state index in [-0.39, 0.29) is 18.4 Å². The molecule has 0 saturated carbocycles. The van der Waals surface area contributed by atoms with Crippen LogP contribution in [-0.2, 0) is 11.2 Å². The maximum absolute atomic E-state index is 12.1. The number of aryl methyl sites for hydroxylation is 1. The van der Waals surface area contributed by atoms with E-state index in [2.05, 4.69) is 10.4 Å². The van der Waals surface area contributed by atoms with Crippen molar-refractivity contribution in [2.24, 2.45) is 5.73 Å². The molecule has 0 radical (unpaired) electrons. The fraction of sp³-hybridized carbons (Fsp3) is 0.375. The highest BCUT2D eigenvalue weighted by Crippen LogP contribution is 2.27. The maximum Gasteiger partial charge on any atom is 0.224 e. The first-order valence-corrected chi connectivity index (χ1v) is 8.09. The van der Waals surface area contributed by atoms with E-state index < -0.39 is 0 Å². The van der Waals surface area contributed by atoms with E-state index in [1.54, 1.807) is 16.8 Å². The van der Waals surface area contributed by atoms with Crippen molar-refractivity contribution >= 4 is 29.1 Å². The highest BCUT2D eigenvalue weighted by atomic mass is 35.5. The monoisotopic (exact) mass is 354 g/mol. The number of aromatic nitrogens is 2. The molecule has 23 heavy (non-hydrogen) atoms. The Kier molecular flexibility index (Phi) is 5.68. The van der Waals surface area contributed by atoms with Crippen LogP contribution in [0.1, 0.15) is 23.9 Å². The number of nitrogens with two attached hydrogens (primary N) is 1. The van der Waals surface area contributed by atoms with Crippen LogP contribution in [0.15, 0.2) is 18.2 Å². The lowest BCUT2D eigenvalue weighted by molar-refractivity contribution is -0.121. The Hall–Kier alpha value is -1.56. The van der Waals surface area contributed by atoms with Crippen LogP contribution in [0.2, 0.25) is 10.0 Å². The van der Waals surface area contributed by atoms with Crippen LogP contribution < -0.4 is 11.1 Å². The summed E-state index contributed by atoms with van der Waals surface area (Å²) in [6.45, 7) is 6.07. The van der Waals surface area contributed by atoms with Gasteiger partial charge in [0.1, 0.15) is 0 Å². The Balaban J connectivity index is 2.31. The van der Waals surface area contributed by atoms with Gasteiger partial charge in [-0.25, -0.2) is 4.68 Å². The van der Waals surface area contributed by atoms with Gasteiger partial charge in [0.2, 0.25) is 5.91 Å². The molecule has 0 unspecified atom stereocenters. The van der Waals surface area contributed by atoms with E-state index in [1.165, 1.54) is 0 Å². The fourth-order valence-corrected chi connectivity index (χ4v) is 2.85. The molecule has 0 spiro atoms. The van der Waals surface area contributed by atoms with Crippen molar-refractivity contribution in [1.82, 2.24) is 15.1 Å². The Bertz CT molecular complexity index is 727. The van der Waals surface area contributed by atoms with Gasteiger partial charge in [-0.3, -0.25) is 4.79 Å². The molecule has 124 valence electrons.